The van der Waals surface area contributed by atoms with Crippen molar-refractivity contribution in [1.29, 1.82) is 0 Å². The van der Waals surface area contributed by atoms with Crippen molar-refractivity contribution in [2.75, 3.05) is 7.11 Å². The number of benzene rings is 1. The molecule has 0 atom stereocenters. The van der Waals surface area contributed by atoms with Crippen LogP contribution in [0.15, 0.2) is 59.1 Å². The SMILES string of the molecule is COC(=O)CCCc1cc2nc(Cl)ccc2n1S(=O)(=O)c1cccc(-c2cncs2)c1. The predicted molar refractivity (Wildman–Crippen MR) is 120 cm³/mol. The van der Waals surface area contributed by atoms with E-state index in [-0.39, 0.29) is 22.4 Å². The number of carbonyl (C=O) groups is 1. The molecule has 0 saturated heterocycles. The van der Waals surface area contributed by atoms with E-state index in [4.69, 9.17) is 11.6 Å². The van der Waals surface area contributed by atoms with E-state index in [1.807, 2.05) is 6.07 Å². The number of nitrogens with zero attached hydrogens (tertiary/aromatic N) is 3. The lowest BCUT2D eigenvalue weighted by Gasteiger charge is -2.13. The number of rotatable bonds is 7. The molecule has 4 aromatic rings. The first-order valence-electron chi connectivity index (χ1n) is 9.38. The minimum absolute atomic E-state index is 0.153. The van der Waals surface area contributed by atoms with E-state index >= 15 is 0 Å². The number of aryl methyl sites for hydroxylation is 1. The summed E-state index contributed by atoms with van der Waals surface area (Å²) < 4.78 is 33.3. The van der Waals surface area contributed by atoms with E-state index in [0.717, 1.165) is 10.4 Å². The lowest BCUT2D eigenvalue weighted by molar-refractivity contribution is -0.140. The van der Waals surface area contributed by atoms with Gasteiger partial charge in [0, 0.05) is 18.3 Å². The molecular formula is C21H18ClN3O4S2. The zero-order chi connectivity index (χ0) is 22.0. The van der Waals surface area contributed by atoms with Crippen molar-refractivity contribution in [2.24, 2.45) is 0 Å². The van der Waals surface area contributed by atoms with Gasteiger partial charge in [0.05, 0.1) is 33.4 Å². The van der Waals surface area contributed by atoms with E-state index < -0.39 is 10.0 Å². The molecule has 0 saturated carbocycles. The number of hydrogen-bond donors (Lipinski definition) is 0. The first-order valence-corrected chi connectivity index (χ1v) is 12.1. The summed E-state index contributed by atoms with van der Waals surface area (Å²) in [5.41, 5.74) is 3.90. The Bertz CT molecular complexity index is 1350. The standard InChI is InChI=1S/C21H18ClN3O4S2/c1-29-21(26)7-3-5-15-11-17-18(8-9-20(22)24-17)25(15)31(27,28)16-6-2-4-14(10-16)19-12-23-13-30-19/h2,4,6,8-13H,3,5,7H2,1H3. The quantitative estimate of drug-likeness (QED) is 0.288. The van der Waals surface area contributed by atoms with E-state index in [1.54, 1.807) is 48.1 Å². The number of aromatic nitrogens is 3. The number of halogens is 1. The third kappa shape index (κ3) is 4.34. The van der Waals surface area contributed by atoms with Crippen LogP contribution in [0, 0.1) is 0 Å². The molecule has 0 N–H and O–H groups in total. The highest BCUT2D eigenvalue weighted by Crippen LogP contribution is 2.30. The highest BCUT2D eigenvalue weighted by molar-refractivity contribution is 7.90. The molecule has 10 heteroatoms. The van der Waals surface area contributed by atoms with Gasteiger partial charge in [-0.1, -0.05) is 23.7 Å². The van der Waals surface area contributed by atoms with Gasteiger partial charge in [0.2, 0.25) is 0 Å². The molecule has 160 valence electrons. The van der Waals surface area contributed by atoms with E-state index in [9.17, 15) is 13.2 Å². The van der Waals surface area contributed by atoms with Gasteiger partial charge in [-0.3, -0.25) is 9.78 Å². The molecule has 0 aliphatic heterocycles. The summed E-state index contributed by atoms with van der Waals surface area (Å²) in [5, 5.41) is 0.273. The molecule has 1 aromatic carbocycles. The maximum Gasteiger partial charge on any atom is 0.305 e. The number of methoxy groups -OCH3 is 1. The molecule has 7 nitrogen and oxygen atoms in total. The van der Waals surface area contributed by atoms with Gasteiger partial charge in [0.15, 0.2) is 0 Å². The first-order chi connectivity index (χ1) is 14.9. The highest BCUT2D eigenvalue weighted by atomic mass is 35.5. The van der Waals surface area contributed by atoms with Crippen molar-refractivity contribution in [3.8, 4) is 10.4 Å². The van der Waals surface area contributed by atoms with Crippen molar-refractivity contribution >= 4 is 50.0 Å². The van der Waals surface area contributed by atoms with Crippen molar-refractivity contribution in [1.82, 2.24) is 13.9 Å². The lowest BCUT2D eigenvalue weighted by atomic mass is 10.2. The molecule has 31 heavy (non-hydrogen) atoms. The average Bonchev–Trinajstić information content (AvgIpc) is 3.41. The topological polar surface area (TPSA) is 91.1 Å². The molecule has 0 aliphatic rings. The van der Waals surface area contributed by atoms with Gasteiger partial charge in [0.1, 0.15) is 5.15 Å². The minimum Gasteiger partial charge on any atom is -0.469 e. The summed E-state index contributed by atoms with van der Waals surface area (Å²) in [5.74, 6) is -0.344. The summed E-state index contributed by atoms with van der Waals surface area (Å²) in [7, 11) is -2.61. The molecule has 3 heterocycles. The van der Waals surface area contributed by atoms with Crippen LogP contribution in [0.4, 0.5) is 0 Å². The molecule has 4 rings (SSSR count). The zero-order valence-electron chi connectivity index (χ0n) is 16.5. The third-order valence-electron chi connectivity index (χ3n) is 4.78. The van der Waals surface area contributed by atoms with Crippen LogP contribution in [-0.2, 0) is 26.0 Å². The van der Waals surface area contributed by atoms with Crippen LogP contribution in [0.25, 0.3) is 21.5 Å². The maximum absolute atomic E-state index is 13.7. The minimum atomic E-state index is -3.93. The van der Waals surface area contributed by atoms with Gasteiger partial charge in [-0.2, -0.15) is 0 Å². The number of esters is 1. The summed E-state index contributed by atoms with van der Waals surface area (Å²) in [6, 6.07) is 11.6. The van der Waals surface area contributed by atoms with Gasteiger partial charge in [-0.25, -0.2) is 17.4 Å². The number of pyridine rings is 1. The Morgan fingerprint density at radius 2 is 2.06 bits per heavy atom. The molecule has 0 bridgehead atoms. The highest BCUT2D eigenvalue weighted by Gasteiger charge is 2.24. The summed E-state index contributed by atoms with van der Waals surface area (Å²) in [4.78, 5) is 20.8. The van der Waals surface area contributed by atoms with Gasteiger partial charge in [0.25, 0.3) is 10.0 Å². The molecule has 0 aliphatic carbocycles. The zero-order valence-corrected chi connectivity index (χ0v) is 18.9. The third-order valence-corrected chi connectivity index (χ3v) is 7.58. The smallest absolute Gasteiger partial charge is 0.305 e. The van der Waals surface area contributed by atoms with E-state index in [0.29, 0.717) is 29.6 Å². The van der Waals surface area contributed by atoms with Crippen LogP contribution in [0.2, 0.25) is 5.15 Å². The van der Waals surface area contributed by atoms with Crippen LogP contribution in [0.1, 0.15) is 18.5 Å². The van der Waals surface area contributed by atoms with Crippen LogP contribution in [0.5, 0.6) is 0 Å². The largest absolute Gasteiger partial charge is 0.469 e. The summed E-state index contributed by atoms with van der Waals surface area (Å²) >= 11 is 7.45. The first kappa shape index (κ1) is 21.5. The number of carbonyl (C=O) groups excluding carboxylic acids is 1. The molecule has 0 spiro atoms. The van der Waals surface area contributed by atoms with Crippen molar-refractivity contribution in [2.45, 2.75) is 24.2 Å². The second-order valence-electron chi connectivity index (χ2n) is 6.77. The average molecular weight is 476 g/mol. The Labute approximate surface area is 188 Å². The number of hydrogen-bond acceptors (Lipinski definition) is 7. The van der Waals surface area contributed by atoms with Crippen molar-refractivity contribution in [3.63, 3.8) is 0 Å². The summed E-state index contributed by atoms with van der Waals surface area (Å²) in [6.07, 6.45) is 2.68. The van der Waals surface area contributed by atoms with E-state index in [1.165, 1.54) is 22.4 Å². The maximum atomic E-state index is 13.7. The van der Waals surface area contributed by atoms with Gasteiger partial charge < -0.3 is 4.74 Å². The van der Waals surface area contributed by atoms with Crippen LogP contribution >= 0.6 is 22.9 Å². The lowest BCUT2D eigenvalue weighted by Crippen LogP contribution is -2.16. The fourth-order valence-corrected chi connectivity index (χ4v) is 5.72. The monoisotopic (exact) mass is 475 g/mol. The molecule has 0 amide bonds. The molecule has 3 aromatic heterocycles. The van der Waals surface area contributed by atoms with Gasteiger partial charge in [-0.15, -0.1) is 11.3 Å². The Hall–Kier alpha value is -2.75. The summed E-state index contributed by atoms with van der Waals surface area (Å²) in [6.45, 7) is 0. The molecule has 0 fully saturated rings. The predicted octanol–water partition coefficient (Wildman–Crippen LogP) is 4.55. The van der Waals surface area contributed by atoms with Crippen LogP contribution < -0.4 is 0 Å². The second kappa shape index (κ2) is 8.78. The Morgan fingerprint density at radius 1 is 1.23 bits per heavy atom. The number of ether oxygens (including phenoxy) is 1. The second-order valence-corrected chi connectivity index (χ2v) is 9.83. The van der Waals surface area contributed by atoms with Gasteiger partial charge >= 0.3 is 5.97 Å². The Kier molecular flexibility index (Phi) is 6.08. The molecule has 0 radical (unpaired) electrons. The number of thiazole rings is 1. The number of fused-ring (bicyclic) bond motifs is 1. The van der Waals surface area contributed by atoms with Gasteiger partial charge in [-0.05, 0) is 48.7 Å². The molecular weight excluding hydrogens is 458 g/mol. The van der Waals surface area contributed by atoms with Crippen LogP contribution in [-0.4, -0.2) is 35.4 Å². The van der Waals surface area contributed by atoms with Crippen LogP contribution in [0.3, 0.4) is 0 Å². The Balaban J connectivity index is 1.80. The van der Waals surface area contributed by atoms with E-state index in [2.05, 4.69) is 14.7 Å². The fraction of sp³-hybridized carbons (Fsp3) is 0.190. The van der Waals surface area contributed by atoms with Crippen molar-refractivity contribution < 1.29 is 17.9 Å². The molecule has 0 unspecified atom stereocenters. The fourth-order valence-electron chi connectivity index (χ4n) is 3.34. The normalized spacial score (nSPS) is 11.7. The van der Waals surface area contributed by atoms with Crippen molar-refractivity contribution in [3.05, 3.63) is 65.0 Å². The Morgan fingerprint density at radius 3 is 2.81 bits per heavy atom.